The van der Waals surface area contributed by atoms with E-state index in [9.17, 15) is 0 Å². The maximum absolute atomic E-state index is 5.54. The summed E-state index contributed by atoms with van der Waals surface area (Å²) >= 11 is 0. The monoisotopic (exact) mass is 280 g/mol. The number of nitrogens with zero attached hydrogens (tertiary/aromatic N) is 2. The van der Waals surface area contributed by atoms with Crippen molar-refractivity contribution in [3.63, 3.8) is 0 Å². The van der Waals surface area contributed by atoms with Gasteiger partial charge in [-0.1, -0.05) is 38.2 Å². The Hall–Kier alpha value is -1.10. The van der Waals surface area contributed by atoms with Crippen LogP contribution in [0.25, 0.3) is 0 Å². The van der Waals surface area contributed by atoms with Crippen LogP contribution in [0.5, 0.6) is 0 Å². The van der Waals surface area contributed by atoms with Crippen molar-refractivity contribution >= 4 is 6.01 Å². The van der Waals surface area contributed by atoms with E-state index in [0.29, 0.717) is 18.5 Å². The summed E-state index contributed by atoms with van der Waals surface area (Å²) in [6.07, 6.45) is 7.86. The lowest BCUT2D eigenvalue weighted by Gasteiger charge is -2.26. The molecule has 1 heterocycles. The normalized spacial score (nSPS) is 22.9. The van der Waals surface area contributed by atoms with E-state index >= 15 is 0 Å². The molecule has 0 aromatic carbocycles. The van der Waals surface area contributed by atoms with Gasteiger partial charge in [-0.05, 0) is 37.6 Å². The van der Waals surface area contributed by atoms with Crippen molar-refractivity contribution < 1.29 is 4.42 Å². The molecule has 0 bridgehead atoms. The first kappa shape index (κ1) is 15.3. The minimum Gasteiger partial charge on any atom is -0.407 e. The van der Waals surface area contributed by atoms with E-state index in [4.69, 9.17) is 4.42 Å². The van der Waals surface area contributed by atoms with E-state index in [1.807, 2.05) is 0 Å². The number of aromatic nitrogens is 2. The molecular weight excluding hydrogens is 252 g/mol. The predicted molar refractivity (Wildman–Crippen MR) is 80.5 cm³/mol. The molecule has 0 amide bonds. The second kappa shape index (κ2) is 8.25. The lowest BCUT2D eigenvalue weighted by molar-refractivity contribution is 0.274. The quantitative estimate of drug-likeness (QED) is 0.716. The van der Waals surface area contributed by atoms with Gasteiger partial charge in [-0.25, -0.2) is 0 Å². The van der Waals surface area contributed by atoms with Gasteiger partial charge in [-0.3, -0.25) is 0 Å². The van der Waals surface area contributed by atoms with Gasteiger partial charge in [0.15, 0.2) is 0 Å². The zero-order valence-corrected chi connectivity index (χ0v) is 12.8. The highest BCUT2D eigenvalue weighted by molar-refractivity contribution is 5.16. The maximum Gasteiger partial charge on any atom is 0.315 e. The highest BCUT2D eigenvalue weighted by atomic mass is 16.4. The van der Waals surface area contributed by atoms with E-state index in [1.54, 1.807) is 0 Å². The summed E-state index contributed by atoms with van der Waals surface area (Å²) in [5, 5.41) is 14.6. The molecule has 0 saturated heterocycles. The Morgan fingerprint density at radius 3 is 2.95 bits per heavy atom. The van der Waals surface area contributed by atoms with Crippen LogP contribution >= 0.6 is 0 Å². The molecular formula is C15H28N4O. The Morgan fingerprint density at radius 1 is 1.25 bits per heavy atom. The van der Waals surface area contributed by atoms with Crippen LogP contribution in [0.15, 0.2) is 4.42 Å². The molecule has 2 N–H and O–H groups in total. The summed E-state index contributed by atoms with van der Waals surface area (Å²) in [6, 6.07) is 0.558. The lowest BCUT2D eigenvalue weighted by Crippen LogP contribution is -2.16. The summed E-state index contributed by atoms with van der Waals surface area (Å²) in [6.45, 7) is 7.07. The van der Waals surface area contributed by atoms with Crippen LogP contribution in [-0.4, -0.2) is 23.3 Å². The van der Waals surface area contributed by atoms with Crippen molar-refractivity contribution in [3.05, 3.63) is 5.89 Å². The van der Waals surface area contributed by atoms with Crippen molar-refractivity contribution in [2.45, 2.75) is 58.9 Å². The Labute approximate surface area is 121 Å². The molecule has 2 atom stereocenters. The molecule has 1 aromatic rings. The molecule has 5 heteroatoms. The van der Waals surface area contributed by atoms with E-state index in [-0.39, 0.29) is 0 Å². The summed E-state index contributed by atoms with van der Waals surface area (Å²) in [5.74, 6) is 2.42. The minimum absolute atomic E-state index is 0.558. The Bertz CT molecular complexity index is 380. The number of hydrogen-bond donors (Lipinski definition) is 2. The number of hydrogen-bond acceptors (Lipinski definition) is 5. The number of anilines is 1. The Kier molecular flexibility index (Phi) is 6.30. The second-order valence-corrected chi connectivity index (χ2v) is 6.03. The van der Waals surface area contributed by atoms with Gasteiger partial charge in [0.1, 0.15) is 0 Å². The first-order valence-corrected chi connectivity index (χ1v) is 8.05. The molecule has 0 spiro atoms. The minimum atomic E-state index is 0.558. The molecule has 1 aliphatic rings. The van der Waals surface area contributed by atoms with Crippen molar-refractivity contribution in [2.75, 3.05) is 18.4 Å². The van der Waals surface area contributed by atoms with Gasteiger partial charge in [0.05, 0.1) is 6.54 Å². The molecule has 2 rings (SSSR count). The summed E-state index contributed by atoms with van der Waals surface area (Å²) in [5.41, 5.74) is 0. The zero-order chi connectivity index (χ0) is 14.2. The largest absolute Gasteiger partial charge is 0.407 e. The fourth-order valence-corrected chi connectivity index (χ4v) is 2.97. The molecule has 0 aliphatic heterocycles. The highest BCUT2D eigenvalue weighted by Gasteiger charge is 2.18. The standard InChI is InChI=1S/C15H28N4O/c1-3-8-16-11-14-18-19-15(20-14)17-9-7-13-6-4-5-12(2)10-13/h12-13,16H,3-11H2,1-2H3,(H,17,19). The van der Waals surface area contributed by atoms with Crippen molar-refractivity contribution in [3.8, 4) is 0 Å². The first-order chi connectivity index (χ1) is 9.78. The van der Waals surface area contributed by atoms with Crippen LogP contribution in [0.1, 0.15) is 58.3 Å². The molecule has 2 unspecified atom stereocenters. The first-order valence-electron chi connectivity index (χ1n) is 8.05. The third kappa shape index (κ3) is 5.12. The molecule has 0 radical (unpaired) electrons. The highest BCUT2D eigenvalue weighted by Crippen LogP contribution is 2.30. The third-order valence-electron chi connectivity index (χ3n) is 4.04. The molecule has 1 aliphatic carbocycles. The van der Waals surface area contributed by atoms with Crippen molar-refractivity contribution in [1.29, 1.82) is 0 Å². The number of rotatable bonds is 8. The topological polar surface area (TPSA) is 63.0 Å². The predicted octanol–water partition coefficient (Wildman–Crippen LogP) is 3.20. The van der Waals surface area contributed by atoms with Crippen LogP contribution in [0.4, 0.5) is 6.01 Å². The second-order valence-electron chi connectivity index (χ2n) is 6.03. The Morgan fingerprint density at radius 2 is 2.15 bits per heavy atom. The molecule has 5 nitrogen and oxygen atoms in total. The van der Waals surface area contributed by atoms with E-state index < -0.39 is 0 Å². The zero-order valence-electron chi connectivity index (χ0n) is 12.8. The van der Waals surface area contributed by atoms with Crippen LogP contribution in [0, 0.1) is 11.8 Å². The van der Waals surface area contributed by atoms with Gasteiger partial charge >= 0.3 is 6.01 Å². The Balaban J connectivity index is 1.63. The van der Waals surface area contributed by atoms with Gasteiger partial charge in [-0.15, -0.1) is 5.10 Å². The molecule has 1 fully saturated rings. The van der Waals surface area contributed by atoms with Crippen LogP contribution in [-0.2, 0) is 6.54 Å². The SMILES string of the molecule is CCCNCc1nnc(NCCC2CCCC(C)C2)o1. The van der Waals surface area contributed by atoms with Crippen LogP contribution in [0.2, 0.25) is 0 Å². The van der Waals surface area contributed by atoms with E-state index in [0.717, 1.165) is 31.3 Å². The lowest BCUT2D eigenvalue weighted by atomic mass is 9.81. The maximum atomic E-state index is 5.54. The van der Waals surface area contributed by atoms with Crippen molar-refractivity contribution in [2.24, 2.45) is 11.8 Å². The fraction of sp³-hybridized carbons (Fsp3) is 0.867. The molecule has 1 aromatic heterocycles. The van der Waals surface area contributed by atoms with Crippen molar-refractivity contribution in [1.82, 2.24) is 15.5 Å². The van der Waals surface area contributed by atoms with E-state index in [1.165, 1.54) is 32.1 Å². The summed E-state index contributed by atoms with van der Waals surface area (Å²) in [7, 11) is 0. The average molecular weight is 280 g/mol. The average Bonchev–Trinajstić information content (AvgIpc) is 2.87. The summed E-state index contributed by atoms with van der Waals surface area (Å²) < 4.78 is 5.54. The molecule has 20 heavy (non-hydrogen) atoms. The van der Waals surface area contributed by atoms with E-state index in [2.05, 4.69) is 34.7 Å². The third-order valence-corrected chi connectivity index (χ3v) is 4.04. The smallest absolute Gasteiger partial charge is 0.315 e. The van der Waals surface area contributed by atoms with Crippen LogP contribution in [0.3, 0.4) is 0 Å². The van der Waals surface area contributed by atoms with Gasteiger partial charge in [-0.2, -0.15) is 0 Å². The molecule has 1 saturated carbocycles. The van der Waals surface area contributed by atoms with Gasteiger partial charge in [0.2, 0.25) is 5.89 Å². The van der Waals surface area contributed by atoms with Gasteiger partial charge in [0.25, 0.3) is 0 Å². The molecule has 114 valence electrons. The number of nitrogens with one attached hydrogen (secondary N) is 2. The van der Waals surface area contributed by atoms with Gasteiger partial charge in [0, 0.05) is 6.54 Å². The summed E-state index contributed by atoms with van der Waals surface area (Å²) in [4.78, 5) is 0. The van der Waals surface area contributed by atoms with Gasteiger partial charge < -0.3 is 15.1 Å². The fourth-order valence-electron chi connectivity index (χ4n) is 2.97. The van der Waals surface area contributed by atoms with Crippen LogP contribution < -0.4 is 10.6 Å².